The molecule has 0 bridgehead atoms. The normalized spacial score (nSPS) is 11.8. The second-order valence-corrected chi connectivity index (χ2v) is 4.87. The first-order valence-electron chi connectivity index (χ1n) is 4.27. The third-order valence-electron chi connectivity index (χ3n) is 2.00. The number of hydrogen-bond donors (Lipinski definition) is 0. The molecule has 0 saturated heterocycles. The minimum atomic E-state index is -4.15. The number of hydroxylamine groups is 1. The Kier molecular flexibility index (Phi) is 3.76. The number of nitro benzene ring substituents is 1. The first kappa shape index (κ1) is 13.5. The highest BCUT2D eigenvalue weighted by atomic mass is 32.2. The fourth-order valence-electron chi connectivity index (χ4n) is 1.05. The summed E-state index contributed by atoms with van der Waals surface area (Å²) < 4.78 is 37.2. The minimum absolute atomic E-state index is 0.456. The maximum atomic E-state index is 13.4. The van der Waals surface area contributed by atoms with E-state index in [1.165, 1.54) is 0 Å². The number of non-ortho nitro benzene ring substituents is 1. The van der Waals surface area contributed by atoms with Crippen LogP contribution >= 0.6 is 0 Å². The predicted molar refractivity (Wildman–Crippen MR) is 55.0 cm³/mol. The number of halogens is 1. The van der Waals surface area contributed by atoms with Crippen molar-refractivity contribution in [1.29, 1.82) is 0 Å². The SMILES string of the molecule is CON(C)S(=O)(=O)c1ccc([N+](=O)[O-])cc1F. The van der Waals surface area contributed by atoms with Gasteiger partial charge in [0.05, 0.1) is 18.1 Å². The second kappa shape index (κ2) is 4.73. The fourth-order valence-corrected chi connectivity index (χ4v) is 2.07. The van der Waals surface area contributed by atoms with E-state index < -0.39 is 31.3 Å². The van der Waals surface area contributed by atoms with E-state index in [0.717, 1.165) is 26.3 Å². The highest BCUT2D eigenvalue weighted by Gasteiger charge is 2.26. The Labute approximate surface area is 96.6 Å². The van der Waals surface area contributed by atoms with Crippen LogP contribution in [0.2, 0.25) is 0 Å². The van der Waals surface area contributed by atoms with Gasteiger partial charge in [0.1, 0.15) is 10.7 Å². The van der Waals surface area contributed by atoms with Crippen LogP contribution in [0.15, 0.2) is 23.1 Å². The molecule has 0 aliphatic heterocycles. The number of hydrogen-bond acceptors (Lipinski definition) is 5. The summed E-state index contributed by atoms with van der Waals surface area (Å²) in [6.45, 7) is 0. The molecule has 17 heavy (non-hydrogen) atoms. The van der Waals surface area contributed by atoms with Crippen LogP contribution in [-0.2, 0) is 14.9 Å². The lowest BCUT2D eigenvalue weighted by atomic mass is 10.3. The van der Waals surface area contributed by atoms with Crippen molar-refractivity contribution in [2.75, 3.05) is 14.2 Å². The summed E-state index contributed by atoms with van der Waals surface area (Å²) in [5.41, 5.74) is -0.526. The van der Waals surface area contributed by atoms with Gasteiger partial charge in [-0.3, -0.25) is 15.0 Å². The van der Waals surface area contributed by atoms with Crippen LogP contribution in [0.3, 0.4) is 0 Å². The van der Waals surface area contributed by atoms with Crippen molar-refractivity contribution in [3.8, 4) is 0 Å². The molecule has 7 nitrogen and oxygen atoms in total. The van der Waals surface area contributed by atoms with Gasteiger partial charge in [-0.15, -0.1) is 0 Å². The first-order chi connectivity index (χ1) is 7.80. The molecule has 1 aromatic rings. The van der Waals surface area contributed by atoms with E-state index in [1.54, 1.807) is 0 Å². The number of benzene rings is 1. The molecule has 1 aromatic carbocycles. The zero-order chi connectivity index (χ0) is 13.2. The van der Waals surface area contributed by atoms with Crippen LogP contribution in [0.5, 0.6) is 0 Å². The van der Waals surface area contributed by atoms with Gasteiger partial charge >= 0.3 is 0 Å². The third kappa shape index (κ3) is 2.57. The molecule has 0 atom stereocenters. The maximum absolute atomic E-state index is 13.4. The van der Waals surface area contributed by atoms with Crippen molar-refractivity contribution in [2.45, 2.75) is 4.90 Å². The van der Waals surface area contributed by atoms with Crippen LogP contribution in [0.1, 0.15) is 0 Å². The molecule has 0 aliphatic carbocycles. The van der Waals surface area contributed by atoms with Crippen molar-refractivity contribution in [3.05, 3.63) is 34.1 Å². The summed E-state index contributed by atoms with van der Waals surface area (Å²) in [7, 11) is -1.97. The van der Waals surface area contributed by atoms with E-state index in [1.807, 2.05) is 0 Å². The molecule has 0 amide bonds. The molecule has 0 heterocycles. The van der Waals surface area contributed by atoms with Gasteiger partial charge < -0.3 is 0 Å². The van der Waals surface area contributed by atoms with Crippen molar-refractivity contribution in [1.82, 2.24) is 4.47 Å². The van der Waals surface area contributed by atoms with Crippen molar-refractivity contribution >= 4 is 15.7 Å². The molecule has 0 fully saturated rings. The van der Waals surface area contributed by atoms with Gasteiger partial charge in [0, 0.05) is 13.1 Å². The van der Waals surface area contributed by atoms with Crippen molar-refractivity contribution in [3.63, 3.8) is 0 Å². The Morgan fingerprint density at radius 2 is 2.06 bits per heavy atom. The van der Waals surface area contributed by atoms with Gasteiger partial charge in [-0.05, 0) is 6.07 Å². The van der Waals surface area contributed by atoms with E-state index in [9.17, 15) is 22.9 Å². The summed E-state index contributed by atoms with van der Waals surface area (Å²) >= 11 is 0. The summed E-state index contributed by atoms with van der Waals surface area (Å²) in [4.78, 5) is 13.3. The molecule has 0 saturated carbocycles. The minimum Gasteiger partial charge on any atom is -0.288 e. The van der Waals surface area contributed by atoms with Gasteiger partial charge in [-0.2, -0.15) is 0 Å². The van der Waals surface area contributed by atoms with Crippen LogP contribution in [0.4, 0.5) is 10.1 Å². The van der Waals surface area contributed by atoms with Crippen LogP contribution in [0, 0.1) is 15.9 Å². The largest absolute Gasteiger partial charge is 0.288 e. The molecule has 0 unspecified atom stereocenters. The number of nitrogens with zero attached hydrogens (tertiary/aromatic N) is 2. The maximum Gasteiger partial charge on any atom is 0.272 e. The van der Waals surface area contributed by atoms with E-state index in [-0.39, 0.29) is 0 Å². The lowest BCUT2D eigenvalue weighted by Gasteiger charge is -2.14. The van der Waals surface area contributed by atoms with Crippen molar-refractivity contribution < 1.29 is 22.6 Å². The Hall–Kier alpha value is -1.58. The lowest BCUT2D eigenvalue weighted by molar-refractivity contribution is -0.385. The molecule has 0 spiro atoms. The summed E-state index contributed by atoms with van der Waals surface area (Å²) in [6, 6.07) is 2.26. The quantitative estimate of drug-likeness (QED) is 0.595. The molecule has 0 radical (unpaired) electrons. The molecule has 0 aromatic heterocycles. The molecule has 0 aliphatic rings. The Morgan fingerprint density at radius 1 is 1.47 bits per heavy atom. The summed E-state index contributed by atoms with van der Waals surface area (Å²) in [6.07, 6.45) is 0. The van der Waals surface area contributed by atoms with E-state index in [4.69, 9.17) is 0 Å². The summed E-state index contributed by atoms with van der Waals surface area (Å²) in [5, 5.41) is 10.4. The molecule has 0 N–H and O–H groups in total. The van der Waals surface area contributed by atoms with Gasteiger partial charge in [0.2, 0.25) is 0 Å². The Morgan fingerprint density at radius 3 is 2.47 bits per heavy atom. The average Bonchev–Trinajstić information content (AvgIpc) is 2.27. The van der Waals surface area contributed by atoms with Crippen LogP contribution < -0.4 is 0 Å². The Bertz CT molecular complexity index is 545. The molecule has 1 rings (SSSR count). The first-order valence-corrected chi connectivity index (χ1v) is 5.71. The molecule has 94 valence electrons. The smallest absolute Gasteiger partial charge is 0.272 e. The Balaban J connectivity index is 3.31. The van der Waals surface area contributed by atoms with E-state index in [2.05, 4.69) is 4.84 Å². The molecular formula is C8H9FN2O5S. The summed E-state index contributed by atoms with van der Waals surface area (Å²) in [5.74, 6) is -1.21. The zero-order valence-electron chi connectivity index (χ0n) is 8.95. The van der Waals surface area contributed by atoms with Gasteiger partial charge in [-0.25, -0.2) is 12.8 Å². The highest BCUT2D eigenvalue weighted by molar-refractivity contribution is 7.89. The fraction of sp³-hybridized carbons (Fsp3) is 0.250. The standard InChI is InChI=1S/C8H9FN2O5S/c1-10(16-2)17(14,15)8-4-3-6(11(12)13)5-7(8)9/h3-5H,1-2H3. The highest BCUT2D eigenvalue weighted by Crippen LogP contribution is 2.22. The zero-order valence-corrected chi connectivity index (χ0v) is 9.77. The number of nitro groups is 1. The number of sulfonamides is 1. The lowest BCUT2D eigenvalue weighted by Crippen LogP contribution is -2.26. The van der Waals surface area contributed by atoms with Gasteiger partial charge in [0.15, 0.2) is 0 Å². The van der Waals surface area contributed by atoms with Gasteiger partial charge in [-0.1, -0.05) is 4.47 Å². The molecule has 9 heteroatoms. The van der Waals surface area contributed by atoms with Crippen LogP contribution in [-0.4, -0.2) is 32.0 Å². The average molecular weight is 264 g/mol. The third-order valence-corrected chi connectivity index (χ3v) is 3.71. The van der Waals surface area contributed by atoms with E-state index >= 15 is 0 Å². The monoisotopic (exact) mass is 264 g/mol. The second-order valence-electron chi connectivity index (χ2n) is 2.97. The van der Waals surface area contributed by atoms with Gasteiger partial charge in [0.25, 0.3) is 15.7 Å². The van der Waals surface area contributed by atoms with Crippen molar-refractivity contribution in [2.24, 2.45) is 0 Å². The molecular weight excluding hydrogens is 255 g/mol. The topological polar surface area (TPSA) is 89.8 Å². The van der Waals surface area contributed by atoms with E-state index in [0.29, 0.717) is 10.5 Å². The van der Waals surface area contributed by atoms with Crippen LogP contribution in [0.25, 0.3) is 0 Å². The predicted octanol–water partition coefficient (Wildman–Crippen LogP) is 0.916. The number of rotatable bonds is 4.